The Morgan fingerprint density at radius 2 is 2.00 bits per heavy atom. The van der Waals surface area contributed by atoms with Gasteiger partial charge in [0.05, 0.1) is 7.11 Å². The molecule has 1 heterocycles. The van der Waals surface area contributed by atoms with Crippen molar-refractivity contribution in [3.05, 3.63) is 24.3 Å². The van der Waals surface area contributed by atoms with Gasteiger partial charge < -0.3 is 20.1 Å². The molecular weight excluding hydrogens is 292 g/mol. The van der Waals surface area contributed by atoms with Crippen LogP contribution < -0.4 is 15.2 Å². The number of carbonyl (C=O) groups is 1. The van der Waals surface area contributed by atoms with Gasteiger partial charge in [-0.25, -0.2) is 0 Å². The molecule has 0 saturated carbocycles. The summed E-state index contributed by atoms with van der Waals surface area (Å²) in [6, 6.07) is 7.38. The largest absolute Gasteiger partial charge is 0.497 e. The molecule has 1 saturated heterocycles. The van der Waals surface area contributed by atoms with Crippen molar-refractivity contribution in [1.82, 2.24) is 4.90 Å². The van der Waals surface area contributed by atoms with Gasteiger partial charge >= 0.3 is 0 Å². The predicted octanol–water partition coefficient (Wildman–Crippen LogP) is 1.83. The number of amides is 1. The third kappa shape index (κ3) is 4.25. The van der Waals surface area contributed by atoms with Crippen molar-refractivity contribution < 1.29 is 14.3 Å². The minimum atomic E-state index is -0.504. The Kier molecular flexibility index (Phi) is 6.78. The van der Waals surface area contributed by atoms with Gasteiger partial charge in [0.25, 0.3) is 5.91 Å². The molecule has 1 amide bonds. The summed E-state index contributed by atoms with van der Waals surface area (Å²) in [6.07, 6.45) is 1.50. The second kappa shape index (κ2) is 8.10. The Morgan fingerprint density at radius 1 is 1.38 bits per heavy atom. The molecule has 2 N–H and O–H groups in total. The van der Waals surface area contributed by atoms with Crippen LogP contribution in [0.2, 0.25) is 0 Å². The van der Waals surface area contributed by atoms with Gasteiger partial charge in [0.1, 0.15) is 11.5 Å². The van der Waals surface area contributed by atoms with Gasteiger partial charge in [-0.3, -0.25) is 4.79 Å². The number of hydrogen-bond donors (Lipinski definition) is 1. The zero-order valence-corrected chi connectivity index (χ0v) is 13.3. The fourth-order valence-electron chi connectivity index (χ4n) is 2.51. The molecule has 0 spiro atoms. The van der Waals surface area contributed by atoms with Gasteiger partial charge in [0.15, 0.2) is 6.10 Å². The van der Waals surface area contributed by atoms with Gasteiger partial charge in [0, 0.05) is 19.1 Å². The monoisotopic (exact) mass is 314 g/mol. The topological polar surface area (TPSA) is 64.8 Å². The molecule has 1 aliphatic rings. The molecule has 1 fully saturated rings. The maximum absolute atomic E-state index is 12.4. The highest BCUT2D eigenvalue weighted by Gasteiger charge is 2.31. The third-order valence-electron chi connectivity index (χ3n) is 3.65. The number of benzene rings is 1. The number of nitrogens with zero attached hydrogens (tertiary/aromatic N) is 1. The van der Waals surface area contributed by atoms with Crippen molar-refractivity contribution >= 4 is 18.3 Å². The number of halogens is 1. The second-order valence-corrected chi connectivity index (χ2v) is 5.00. The fourth-order valence-corrected chi connectivity index (χ4v) is 2.51. The third-order valence-corrected chi connectivity index (χ3v) is 3.65. The number of ether oxygens (including phenoxy) is 2. The van der Waals surface area contributed by atoms with Crippen LogP contribution in [0.4, 0.5) is 0 Å². The number of likely N-dealkylation sites (tertiary alicyclic amines) is 1. The van der Waals surface area contributed by atoms with Crippen LogP contribution in [0.3, 0.4) is 0 Å². The van der Waals surface area contributed by atoms with Gasteiger partial charge in [-0.05, 0) is 44.0 Å². The van der Waals surface area contributed by atoms with E-state index in [1.165, 1.54) is 0 Å². The van der Waals surface area contributed by atoms with Crippen LogP contribution in [-0.2, 0) is 4.79 Å². The lowest BCUT2D eigenvalue weighted by molar-refractivity contribution is -0.138. The summed E-state index contributed by atoms with van der Waals surface area (Å²) >= 11 is 0. The van der Waals surface area contributed by atoms with E-state index in [1.807, 2.05) is 17.0 Å². The SMILES string of the molecule is COc1ccc(OC(C)C(=O)N2CCCC2CN)cc1.Cl. The summed E-state index contributed by atoms with van der Waals surface area (Å²) < 4.78 is 10.8. The van der Waals surface area contributed by atoms with E-state index >= 15 is 0 Å². The molecule has 118 valence electrons. The van der Waals surface area contributed by atoms with Crippen molar-refractivity contribution in [2.24, 2.45) is 5.73 Å². The van der Waals surface area contributed by atoms with Gasteiger partial charge in [-0.1, -0.05) is 0 Å². The first-order chi connectivity index (χ1) is 9.65. The first kappa shape index (κ1) is 17.6. The van der Waals surface area contributed by atoms with Gasteiger partial charge in [-0.2, -0.15) is 0 Å². The highest BCUT2D eigenvalue weighted by atomic mass is 35.5. The van der Waals surface area contributed by atoms with E-state index in [1.54, 1.807) is 26.2 Å². The van der Waals surface area contributed by atoms with E-state index in [0.717, 1.165) is 25.1 Å². The van der Waals surface area contributed by atoms with E-state index in [4.69, 9.17) is 15.2 Å². The molecule has 0 aromatic heterocycles. The highest BCUT2D eigenvalue weighted by molar-refractivity contribution is 5.85. The Hall–Kier alpha value is -1.46. The molecule has 0 radical (unpaired) electrons. The molecule has 1 aromatic rings. The van der Waals surface area contributed by atoms with Crippen molar-refractivity contribution in [3.8, 4) is 11.5 Å². The number of methoxy groups -OCH3 is 1. The summed E-state index contributed by atoms with van der Waals surface area (Å²) in [5.74, 6) is 1.43. The van der Waals surface area contributed by atoms with Crippen molar-refractivity contribution in [2.45, 2.75) is 31.9 Å². The van der Waals surface area contributed by atoms with Crippen LogP contribution in [0, 0.1) is 0 Å². The Bertz CT molecular complexity index is 453. The van der Waals surface area contributed by atoms with E-state index in [-0.39, 0.29) is 24.4 Å². The lowest BCUT2D eigenvalue weighted by atomic mass is 10.2. The Morgan fingerprint density at radius 3 is 2.57 bits per heavy atom. The van der Waals surface area contributed by atoms with E-state index in [0.29, 0.717) is 12.3 Å². The van der Waals surface area contributed by atoms with Crippen LogP contribution in [0.15, 0.2) is 24.3 Å². The van der Waals surface area contributed by atoms with E-state index in [9.17, 15) is 4.79 Å². The highest BCUT2D eigenvalue weighted by Crippen LogP contribution is 2.21. The molecule has 1 aromatic carbocycles. The summed E-state index contributed by atoms with van der Waals surface area (Å²) in [5, 5.41) is 0. The molecule has 2 atom stereocenters. The van der Waals surface area contributed by atoms with Crippen molar-refractivity contribution in [1.29, 1.82) is 0 Å². The van der Waals surface area contributed by atoms with Crippen LogP contribution in [0.25, 0.3) is 0 Å². The van der Waals surface area contributed by atoms with E-state index < -0.39 is 6.10 Å². The lowest BCUT2D eigenvalue weighted by Crippen LogP contribution is -2.45. The summed E-state index contributed by atoms with van der Waals surface area (Å²) in [5.41, 5.74) is 5.70. The number of carbonyl (C=O) groups excluding carboxylic acids is 1. The maximum atomic E-state index is 12.4. The normalized spacial score (nSPS) is 18.8. The first-order valence-electron chi connectivity index (χ1n) is 6.97. The zero-order chi connectivity index (χ0) is 14.5. The molecule has 0 aliphatic carbocycles. The molecular formula is C15H23ClN2O3. The Balaban J connectivity index is 0.00000220. The summed E-state index contributed by atoms with van der Waals surface area (Å²) in [4.78, 5) is 14.2. The van der Waals surface area contributed by atoms with Crippen LogP contribution in [0.1, 0.15) is 19.8 Å². The average Bonchev–Trinajstić information content (AvgIpc) is 2.95. The molecule has 6 heteroatoms. The molecule has 5 nitrogen and oxygen atoms in total. The molecule has 21 heavy (non-hydrogen) atoms. The first-order valence-corrected chi connectivity index (χ1v) is 6.97. The number of nitrogens with two attached hydrogens (primary N) is 1. The van der Waals surface area contributed by atoms with Gasteiger partial charge in [0.2, 0.25) is 0 Å². The number of rotatable bonds is 5. The van der Waals surface area contributed by atoms with Crippen LogP contribution >= 0.6 is 12.4 Å². The van der Waals surface area contributed by atoms with Crippen LogP contribution in [-0.4, -0.2) is 43.2 Å². The predicted molar refractivity (Wildman–Crippen MR) is 84.1 cm³/mol. The van der Waals surface area contributed by atoms with Crippen molar-refractivity contribution in [2.75, 3.05) is 20.2 Å². The maximum Gasteiger partial charge on any atom is 0.263 e. The lowest BCUT2D eigenvalue weighted by Gasteiger charge is -2.26. The zero-order valence-electron chi connectivity index (χ0n) is 12.5. The van der Waals surface area contributed by atoms with E-state index in [2.05, 4.69) is 0 Å². The minimum absolute atomic E-state index is 0. The average molecular weight is 315 g/mol. The number of hydrogen-bond acceptors (Lipinski definition) is 4. The molecule has 2 unspecified atom stereocenters. The standard InChI is InChI=1S/C15H22N2O3.ClH/c1-11(15(18)17-9-3-4-12(17)10-16)20-14-7-5-13(19-2)6-8-14;/h5-8,11-12H,3-4,9-10,16H2,1-2H3;1H. The summed E-state index contributed by atoms with van der Waals surface area (Å²) in [7, 11) is 1.61. The molecule has 1 aliphatic heterocycles. The minimum Gasteiger partial charge on any atom is -0.497 e. The smallest absolute Gasteiger partial charge is 0.263 e. The van der Waals surface area contributed by atoms with Gasteiger partial charge in [-0.15, -0.1) is 12.4 Å². The second-order valence-electron chi connectivity index (χ2n) is 5.00. The quantitative estimate of drug-likeness (QED) is 0.900. The molecule has 0 bridgehead atoms. The Labute approximate surface area is 131 Å². The molecule has 2 rings (SSSR count). The van der Waals surface area contributed by atoms with Crippen LogP contribution in [0.5, 0.6) is 11.5 Å². The van der Waals surface area contributed by atoms with Crippen molar-refractivity contribution in [3.63, 3.8) is 0 Å². The fraction of sp³-hybridized carbons (Fsp3) is 0.533. The summed E-state index contributed by atoms with van der Waals surface area (Å²) in [6.45, 7) is 3.07.